The van der Waals surface area contributed by atoms with Gasteiger partial charge in [0.2, 0.25) is 0 Å². The first-order valence-electron chi connectivity index (χ1n) is 7.41. The lowest BCUT2D eigenvalue weighted by Gasteiger charge is -2.34. The number of likely N-dealkylation sites (tertiary alicyclic amines) is 1. The van der Waals surface area contributed by atoms with Gasteiger partial charge in [-0.1, -0.05) is 18.6 Å². The number of nitrogens with zero attached hydrogens (tertiary/aromatic N) is 1. The van der Waals surface area contributed by atoms with Crippen molar-refractivity contribution in [2.45, 2.75) is 38.1 Å². The van der Waals surface area contributed by atoms with Gasteiger partial charge >= 0.3 is 0 Å². The van der Waals surface area contributed by atoms with E-state index in [1.54, 1.807) is 0 Å². The summed E-state index contributed by atoms with van der Waals surface area (Å²) in [5, 5.41) is 0. The molecule has 2 aliphatic rings. The second-order valence-electron chi connectivity index (χ2n) is 5.63. The average molecular weight is 280 g/mol. The maximum Gasteiger partial charge on any atom is 0.122 e. The van der Waals surface area contributed by atoms with E-state index in [1.807, 2.05) is 0 Å². The third-order valence-electron chi connectivity index (χ3n) is 4.37. The Morgan fingerprint density at radius 1 is 1.32 bits per heavy atom. The number of hydrogen-bond donors (Lipinski definition) is 0. The van der Waals surface area contributed by atoms with Crippen LogP contribution in [0.4, 0.5) is 0 Å². The van der Waals surface area contributed by atoms with Crippen LogP contribution in [0.2, 0.25) is 0 Å². The first-order chi connectivity index (χ1) is 9.36. The van der Waals surface area contributed by atoms with E-state index < -0.39 is 0 Å². The van der Waals surface area contributed by atoms with Crippen molar-refractivity contribution in [1.82, 2.24) is 4.90 Å². The van der Waals surface area contributed by atoms with Crippen LogP contribution in [0.5, 0.6) is 5.75 Å². The van der Waals surface area contributed by atoms with Gasteiger partial charge in [0, 0.05) is 24.9 Å². The Morgan fingerprint density at radius 2 is 2.26 bits per heavy atom. The number of hydrogen-bond acceptors (Lipinski definition) is 2. The number of fused-ring (bicyclic) bond motifs is 1. The van der Waals surface area contributed by atoms with Crippen LogP contribution in [0.3, 0.4) is 0 Å². The van der Waals surface area contributed by atoms with E-state index in [1.165, 1.54) is 36.9 Å². The van der Waals surface area contributed by atoms with E-state index in [0.29, 0.717) is 6.04 Å². The molecule has 1 aromatic rings. The molecule has 0 radical (unpaired) electrons. The Hall–Kier alpha value is -0.730. The molecule has 0 spiro atoms. The molecule has 1 atom stereocenters. The highest BCUT2D eigenvalue weighted by Gasteiger charge is 2.21. The van der Waals surface area contributed by atoms with Gasteiger partial charge in [-0.2, -0.15) is 0 Å². The number of ether oxygens (including phenoxy) is 1. The van der Waals surface area contributed by atoms with Crippen molar-refractivity contribution in [1.29, 1.82) is 0 Å². The van der Waals surface area contributed by atoms with E-state index >= 15 is 0 Å². The normalized spacial score (nSPS) is 23.1. The second-order valence-corrected chi connectivity index (χ2v) is 5.94. The Morgan fingerprint density at radius 3 is 3.16 bits per heavy atom. The number of benzene rings is 1. The predicted molar refractivity (Wildman–Crippen MR) is 79.3 cm³/mol. The fraction of sp³-hybridized carbons (Fsp3) is 0.625. The summed E-state index contributed by atoms with van der Waals surface area (Å²) in [7, 11) is 0. The average Bonchev–Trinajstić information content (AvgIpc) is 2.93. The van der Waals surface area contributed by atoms with Crippen molar-refractivity contribution < 1.29 is 4.74 Å². The summed E-state index contributed by atoms with van der Waals surface area (Å²) in [4.78, 5) is 2.57. The van der Waals surface area contributed by atoms with Gasteiger partial charge < -0.3 is 4.74 Å². The van der Waals surface area contributed by atoms with Gasteiger partial charge in [-0.3, -0.25) is 4.90 Å². The highest BCUT2D eigenvalue weighted by molar-refractivity contribution is 6.18. The fourth-order valence-electron chi connectivity index (χ4n) is 3.20. The summed E-state index contributed by atoms with van der Waals surface area (Å²) in [6.07, 6.45) is 6.12. The number of halogens is 1. The van der Waals surface area contributed by atoms with Gasteiger partial charge in [-0.25, -0.2) is 0 Å². The summed E-state index contributed by atoms with van der Waals surface area (Å²) in [6, 6.07) is 7.26. The van der Waals surface area contributed by atoms with Crippen LogP contribution < -0.4 is 4.74 Å². The zero-order valence-electron chi connectivity index (χ0n) is 11.4. The van der Waals surface area contributed by atoms with Crippen molar-refractivity contribution in [3.8, 4) is 5.75 Å². The fourth-order valence-corrected chi connectivity index (χ4v) is 3.55. The quantitative estimate of drug-likeness (QED) is 0.785. The van der Waals surface area contributed by atoms with Gasteiger partial charge in [-0.05, 0) is 43.0 Å². The summed E-state index contributed by atoms with van der Waals surface area (Å²) >= 11 is 6.08. The number of rotatable bonds is 4. The molecule has 1 fully saturated rings. The molecule has 1 saturated heterocycles. The Balaban J connectivity index is 1.59. The molecule has 0 saturated carbocycles. The Kier molecular flexibility index (Phi) is 4.29. The lowest BCUT2D eigenvalue weighted by molar-refractivity contribution is 0.165. The first kappa shape index (κ1) is 13.3. The van der Waals surface area contributed by atoms with E-state index in [0.717, 1.165) is 37.6 Å². The van der Waals surface area contributed by atoms with Crippen LogP contribution in [0.25, 0.3) is 0 Å². The third-order valence-corrected chi connectivity index (χ3v) is 4.72. The zero-order chi connectivity index (χ0) is 13.1. The van der Waals surface area contributed by atoms with Crippen LogP contribution in [-0.2, 0) is 12.8 Å². The molecule has 3 heteroatoms. The molecule has 0 bridgehead atoms. The van der Waals surface area contributed by atoms with Crippen molar-refractivity contribution in [2.75, 3.05) is 25.6 Å². The minimum absolute atomic E-state index is 0.591. The molecule has 0 aliphatic carbocycles. The standard InChI is InChI=1S/C16H22ClNO/c17-12-15-3-1-2-8-18(15)9-6-13-4-5-16-14(11-13)7-10-19-16/h4-5,11,15H,1-3,6-10,12H2. The van der Waals surface area contributed by atoms with Crippen LogP contribution in [-0.4, -0.2) is 36.5 Å². The molecule has 3 rings (SSSR count). The third kappa shape index (κ3) is 3.06. The minimum atomic E-state index is 0.591. The lowest BCUT2D eigenvalue weighted by atomic mass is 10.0. The van der Waals surface area contributed by atoms with E-state index in [9.17, 15) is 0 Å². The molecule has 0 aromatic heterocycles. The first-order valence-corrected chi connectivity index (χ1v) is 7.95. The molecule has 1 unspecified atom stereocenters. The molecular weight excluding hydrogens is 258 g/mol. The monoisotopic (exact) mass is 279 g/mol. The van der Waals surface area contributed by atoms with Gasteiger partial charge in [0.1, 0.15) is 5.75 Å². The van der Waals surface area contributed by atoms with E-state index in [2.05, 4.69) is 23.1 Å². The van der Waals surface area contributed by atoms with E-state index in [-0.39, 0.29) is 0 Å². The highest BCUT2D eigenvalue weighted by Crippen LogP contribution is 2.26. The molecule has 2 nitrogen and oxygen atoms in total. The largest absolute Gasteiger partial charge is 0.493 e. The minimum Gasteiger partial charge on any atom is -0.493 e. The SMILES string of the molecule is ClCC1CCCCN1CCc1ccc2c(c1)CCO2. The molecule has 2 aliphatic heterocycles. The van der Waals surface area contributed by atoms with Crippen molar-refractivity contribution >= 4 is 11.6 Å². The van der Waals surface area contributed by atoms with Crippen molar-refractivity contribution in [3.63, 3.8) is 0 Å². The zero-order valence-corrected chi connectivity index (χ0v) is 12.2. The highest BCUT2D eigenvalue weighted by atomic mass is 35.5. The predicted octanol–water partition coefficient (Wildman–Crippen LogP) is 3.26. The van der Waals surface area contributed by atoms with Crippen molar-refractivity contribution in [3.05, 3.63) is 29.3 Å². The second kappa shape index (κ2) is 6.15. The molecular formula is C16H22ClNO. The van der Waals surface area contributed by atoms with Crippen LogP contribution in [0.15, 0.2) is 18.2 Å². The molecule has 1 aromatic carbocycles. The maximum absolute atomic E-state index is 6.08. The van der Waals surface area contributed by atoms with Gasteiger partial charge in [0.25, 0.3) is 0 Å². The topological polar surface area (TPSA) is 12.5 Å². The van der Waals surface area contributed by atoms with Gasteiger partial charge in [0.15, 0.2) is 0 Å². The maximum atomic E-state index is 6.08. The Labute approximate surface area is 120 Å². The van der Waals surface area contributed by atoms with Crippen LogP contribution >= 0.6 is 11.6 Å². The van der Waals surface area contributed by atoms with Crippen molar-refractivity contribution in [2.24, 2.45) is 0 Å². The Bertz CT molecular complexity index is 435. The number of piperidine rings is 1. The smallest absolute Gasteiger partial charge is 0.122 e. The molecule has 0 N–H and O–H groups in total. The number of alkyl halides is 1. The molecule has 19 heavy (non-hydrogen) atoms. The summed E-state index contributed by atoms with van der Waals surface area (Å²) < 4.78 is 5.55. The van der Waals surface area contributed by atoms with Crippen LogP contribution in [0, 0.1) is 0 Å². The summed E-state index contributed by atoms with van der Waals surface area (Å²) in [5.74, 6) is 1.86. The molecule has 104 valence electrons. The lowest BCUT2D eigenvalue weighted by Crippen LogP contribution is -2.41. The van der Waals surface area contributed by atoms with Gasteiger partial charge in [0.05, 0.1) is 6.61 Å². The summed E-state index contributed by atoms with van der Waals surface area (Å²) in [6.45, 7) is 3.20. The van der Waals surface area contributed by atoms with E-state index in [4.69, 9.17) is 16.3 Å². The summed E-state index contributed by atoms with van der Waals surface area (Å²) in [5.41, 5.74) is 2.81. The van der Waals surface area contributed by atoms with Crippen LogP contribution in [0.1, 0.15) is 30.4 Å². The van der Waals surface area contributed by atoms with Gasteiger partial charge in [-0.15, -0.1) is 11.6 Å². The molecule has 0 amide bonds. The molecule has 2 heterocycles.